The minimum Gasteiger partial charge on any atom is -0.505 e. The van der Waals surface area contributed by atoms with Crippen molar-refractivity contribution in [2.24, 2.45) is 10.2 Å². The number of rotatable bonds is 5. The number of ether oxygens (including phenoxy) is 1. The third kappa shape index (κ3) is 4.33. The van der Waals surface area contributed by atoms with Gasteiger partial charge >= 0.3 is 0 Å². The minimum absolute atomic E-state index is 0.00877. The van der Waals surface area contributed by atoms with Crippen molar-refractivity contribution < 1.29 is 27.6 Å². The van der Waals surface area contributed by atoms with Crippen LogP contribution in [0.5, 0.6) is 11.5 Å². The maximum atomic E-state index is 11.5. The lowest BCUT2D eigenvalue weighted by Crippen LogP contribution is -2.08. The number of para-hydroxylation sites is 1. The summed E-state index contributed by atoms with van der Waals surface area (Å²) in [5, 5.41) is 21.7. The summed E-state index contributed by atoms with van der Waals surface area (Å²) in [6.45, 7) is 1.23. The Labute approximate surface area is 166 Å². The molecular formula is C19H17N3O6S. The summed E-state index contributed by atoms with van der Waals surface area (Å²) >= 11 is 0. The number of phenols is 1. The fourth-order valence-corrected chi connectivity index (χ4v) is 3.29. The molecule has 0 atom stereocenters. The van der Waals surface area contributed by atoms with E-state index in [0.717, 1.165) is 6.07 Å². The van der Waals surface area contributed by atoms with E-state index in [-0.39, 0.29) is 27.9 Å². The number of aromatic hydroxyl groups is 1. The molecule has 3 aromatic carbocycles. The normalized spacial score (nSPS) is 11.7. The summed E-state index contributed by atoms with van der Waals surface area (Å²) in [4.78, 5) is 11.1. The summed E-state index contributed by atoms with van der Waals surface area (Å²) in [5.74, 6) is -0.306. The number of phenolic OH excluding ortho intramolecular Hbond substituents is 1. The van der Waals surface area contributed by atoms with Gasteiger partial charge in [0.05, 0.1) is 17.7 Å². The van der Waals surface area contributed by atoms with Crippen molar-refractivity contribution >= 4 is 43.9 Å². The van der Waals surface area contributed by atoms with Gasteiger partial charge in [0.25, 0.3) is 10.1 Å². The minimum atomic E-state index is -4.52. The summed E-state index contributed by atoms with van der Waals surface area (Å²) < 4.78 is 37.6. The van der Waals surface area contributed by atoms with Crippen LogP contribution in [0.3, 0.4) is 0 Å². The molecule has 0 heterocycles. The third-order valence-corrected chi connectivity index (χ3v) is 4.83. The molecule has 0 bridgehead atoms. The lowest BCUT2D eigenvalue weighted by Gasteiger charge is -2.12. The Morgan fingerprint density at radius 1 is 1.07 bits per heavy atom. The largest absolute Gasteiger partial charge is 0.505 e. The van der Waals surface area contributed by atoms with Gasteiger partial charge in [0.1, 0.15) is 17.1 Å². The van der Waals surface area contributed by atoms with Gasteiger partial charge in [0, 0.05) is 12.3 Å². The first kappa shape index (κ1) is 20.2. The molecule has 0 aliphatic heterocycles. The first-order chi connectivity index (χ1) is 13.7. The number of azo groups is 1. The number of amides is 1. The number of hydrogen-bond acceptors (Lipinski definition) is 7. The van der Waals surface area contributed by atoms with Crippen LogP contribution in [0.1, 0.15) is 6.92 Å². The molecule has 0 radical (unpaired) electrons. The van der Waals surface area contributed by atoms with Crippen molar-refractivity contribution in [1.82, 2.24) is 0 Å². The van der Waals surface area contributed by atoms with Crippen LogP contribution in [0, 0.1) is 0 Å². The van der Waals surface area contributed by atoms with Crippen LogP contribution in [-0.2, 0) is 14.9 Å². The van der Waals surface area contributed by atoms with E-state index in [0.29, 0.717) is 11.4 Å². The Bertz CT molecular complexity index is 1240. The maximum absolute atomic E-state index is 11.5. The highest BCUT2D eigenvalue weighted by Gasteiger charge is 2.18. The van der Waals surface area contributed by atoms with Gasteiger partial charge in [-0.2, -0.15) is 8.42 Å². The molecule has 10 heteroatoms. The van der Waals surface area contributed by atoms with E-state index in [1.807, 2.05) is 0 Å². The number of hydrogen-bond donors (Lipinski definition) is 3. The maximum Gasteiger partial charge on any atom is 0.294 e. The van der Waals surface area contributed by atoms with Crippen molar-refractivity contribution in [3.8, 4) is 11.5 Å². The van der Waals surface area contributed by atoms with Gasteiger partial charge in [-0.15, -0.1) is 10.2 Å². The van der Waals surface area contributed by atoms with Crippen LogP contribution < -0.4 is 10.1 Å². The molecule has 0 spiro atoms. The second kappa shape index (κ2) is 7.86. The quantitative estimate of drug-likeness (QED) is 0.422. The fraction of sp³-hybridized carbons (Fsp3) is 0.105. The van der Waals surface area contributed by atoms with Crippen molar-refractivity contribution in [1.29, 1.82) is 0 Å². The SMILES string of the molecule is COc1ccccc1N=Nc1ccc2cc(S(=O)(=O)O)cc(NC(C)=O)c2c1O. The predicted octanol–water partition coefficient (Wildman–Crippen LogP) is 4.17. The zero-order valence-electron chi connectivity index (χ0n) is 15.4. The smallest absolute Gasteiger partial charge is 0.294 e. The summed E-state index contributed by atoms with van der Waals surface area (Å²) in [7, 11) is -3.02. The van der Waals surface area contributed by atoms with E-state index in [1.165, 1.54) is 32.2 Å². The van der Waals surface area contributed by atoms with E-state index in [2.05, 4.69) is 15.5 Å². The molecule has 0 saturated carbocycles. The van der Waals surface area contributed by atoms with Gasteiger partial charge in [-0.05, 0) is 35.7 Å². The number of anilines is 1. The molecule has 3 rings (SSSR count). The topological polar surface area (TPSA) is 138 Å². The van der Waals surface area contributed by atoms with Gasteiger partial charge in [-0.25, -0.2) is 0 Å². The van der Waals surface area contributed by atoms with Gasteiger partial charge in [-0.1, -0.05) is 18.2 Å². The van der Waals surface area contributed by atoms with Crippen LogP contribution in [0.4, 0.5) is 17.1 Å². The average molecular weight is 415 g/mol. The molecule has 1 amide bonds. The lowest BCUT2D eigenvalue weighted by atomic mass is 10.1. The van der Waals surface area contributed by atoms with Crippen LogP contribution in [0.15, 0.2) is 63.7 Å². The third-order valence-electron chi connectivity index (χ3n) is 4.00. The molecular weight excluding hydrogens is 398 g/mol. The molecule has 0 fully saturated rings. The van der Waals surface area contributed by atoms with Crippen LogP contribution in [0.25, 0.3) is 10.8 Å². The number of nitrogens with zero attached hydrogens (tertiary/aromatic N) is 2. The van der Waals surface area contributed by atoms with Crippen LogP contribution in [-0.4, -0.2) is 31.1 Å². The number of fused-ring (bicyclic) bond motifs is 1. The van der Waals surface area contributed by atoms with E-state index in [9.17, 15) is 22.9 Å². The van der Waals surface area contributed by atoms with Crippen molar-refractivity contribution in [3.63, 3.8) is 0 Å². The Balaban J connectivity index is 2.17. The number of nitrogens with one attached hydrogen (secondary N) is 1. The van der Waals surface area contributed by atoms with Crippen LogP contribution in [0.2, 0.25) is 0 Å². The first-order valence-electron chi connectivity index (χ1n) is 8.30. The number of benzene rings is 3. The predicted molar refractivity (Wildman–Crippen MR) is 107 cm³/mol. The molecule has 0 aromatic heterocycles. The molecule has 3 aromatic rings. The van der Waals surface area contributed by atoms with E-state index in [1.54, 1.807) is 24.3 Å². The molecule has 0 aliphatic rings. The molecule has 9 nitrogen and oxygen atoms in total. The molecule has 0 saturated heterocycles. The number of methoxy groups -OCH3 is 1. The molecule has 0 aliphatic carbocycles. The Morgan fingerprint density at radius 3 is 2.41 bits per heavy atom. The highest BCUT2D eigenvalue weighted by Crippen LogP contribution is 2.41. The summed E-state index contributed by atoms with van der Waals surface area (Å²) in [6.07, 6.45) is 0. The van der Waals surface area contributed by atoms with Crippen molar-refractivity contribution in [2.45, 2.75) is 11.8 Å². The Morgan fingerprint density at radius 2 is 1.76 bits per heavy atom. The highest BCUT2D eigenvalue weighted by molar-refractivity contribution is 7.85. The highest BCUT2D eigenvalue weighted by atomic mass is 32.2. The number of carbonyl (C=O) groups is 1. The van der Waals surface area contributed by atoms with Gasteiger partial charge in [0.15, 0.2) is 5.75 Å². The lowest BCUT2D eigenvalue weighted by molar-refractivity contribution is -0.114. The van der Waals surface area contributed by atoms with Crippen molar-refractivity contribution in [3.05, 3.63) is 48.5 Å². The standard InChI is InChI=1S/C19H17N3O6S/c1-11(23)20-16-10-13(29(25,26)27)9-12-7-8-15(19(24)18(12)16)22-21-14-5-3-4-6-17(14)28-2/h3-10,24H,1-2H3,(H,20,23)(H,25,26,27). The van der Waals surface area contributed by atoms with Gasteiger partial charge in [-0.3, -0.25) is 9.35 Å². The molecule has 150 valence electrons. The Hall–Kier alpha value is -3.50. The summed E-state index contributed by atoms with van der Waals surface area (Å²) in [5.41, 5.74) is 0.544. The summed E-state index contributed by atoms with van der Waals surface area (Å²) in [6, 6.07) is 12.1. The van der Waals surface area contributed by atoms with E-state index in [4.69, 9.17) is 4.74 Å². The van der Waals surface area contributed by atoms with Gasteiger partial charge < -0.3 is 15.2 Å². The number of carbonyl (C=O) groups excluding carboxylic acids is 1. The second-order valence-corrected chi connectivity index (χ2v) is 7.45. The first-order valence-corrected chi connectivity index (χ1v) is 9.74. The van der Waals surface area contributed by atoms with Crippen molar-refractivity contribution in [2.75, 3.05) is 12.4 Å². The molecule has 3 N–H and O–H groups in total. The van der Waals surface area contributed by atoms with Gasteiger partial charge in [0.2, 0.25) is 5.91 Å². The van der Waals surface area contributed by atoms with Crippen LogP contribution >= 0.6 is 0 Å². The average Bonchev–Trinajstić information content (AvgIpc) is 2.66. The Kier molecular flexibility index (Phi) is 5.48. The molecule has 29 heavy (non-hydrogen) atoms. The second-order valence-electron chi connectivity index (χ2n) is 6.03. The van der Waals surface area contributed by atoms with E-state index >= 15 is 0 Å². The monoisotopic (exact) mass is 415 g/mol. The van der Waals surface area contributed by atoms with E-state index < -0.39 is 20.9 Å². The zero-order valence-corrected chi connectivity index (χ0v) is 16.3. The molecule has 0 unspecified atom stereocenters. The fourth-order valence-electron chi connectivity index (χ4n) is 2.75. The zero-order chi connectivity index (χ0) is 21.2.